The SMILES string of the molecule is NC1CCCCc2cn(CCOCC(F)(F)F)cc21. The fraction of sp³-hybridized carbons (Fsp3) is 0.692. The van der Waals surface area contributed by atoms with E-state index >= 15 is 0 Å². The second-order valence-electron chi connectivity index (χ2n) is 5.00. The van der Waals surface area contributed by atoms with Gasteiger partial charge in [-0.3, -0.25) is 0 Å². The van der Waals surface area contributed by atoms with E-state index in [0.29, 0.717) is 6.54 Å². The third-order valence-electron chi connectivity index (χ3n) is 3.37. The van der Waals surface area contributed by atoms with Crippen LogP contribution in [0.1, 0.15) is 36.4 Å². The van der Waals surface area contributed by atoms with Crippen LogP contribution in [-0.2, 0) is 17.7 Å². The molecule has 19 heavy (non-hydrogen) atoms. The molecular weight excluding hydrogens is 257 g/mol. The van der Waals surface area contributed by atoms with Gasteiger partial charge < -0.3 is 15.0 Å². The number of aryl methyl sites for hydroxylation is 1. The van der Waals surface area contributed by atoms with Crippen LogP contribution in [0.2, 0.25) is 0 Å². The lowest BCUT2D eigenvalue weighted by molar-refractivity contribution is -0.174. The predicted molar refractivity (Wildman–Crippen MR) is 65.8 cm³/mol. The lowest BCUT2D eigenvalue weighted by Gasteiger charge is -2.09. The molecule has 3 nitrogen and oxygen atoms in total. The molecule has 1 aliphatic rings. The van der Waals surface area contributed by atoms with Gasteiger partial charge in [0.1, 0.15) is 6.61 Å². The quantitative estimate of drug-likeness (QED) is 0.678. The van der Waals surface area contributed by atoms with Gasteiger partial charge in [0.25, 0.3) is 0 Å². The van der Waals surface area contributed by atoms with Crippen LogP contribution in [0.15, 0.2) is 12.4 Å². The Balaban J connectivity index is 1.87. The van der Waals surface area contributed by atoms with Crippen molar-refractivity contribution in [2.45, 2.75) is 44.4 Å². The average Bonchev–Trinajstić information content (AvgIpc) is 2.65. The van der Waals surface area contributed by atoms with E-state index in [2.05, 4.69) is 4.74 Å². The molecule has 2 N–H and O–H groups in total. The Morgan fingerprint density at radius 3 is 2.84 bits per heavy atom. The monoisotopic (exact) mass is 276 g/mol. The van der Waals surface area contributed by atoms with Crippen LogP contribution in [0.3, 0.4) is 0 Å². The smallest absolute Gasteiger partial charge is 0.370 e. The number of ether oxygens (including phenoxy) is 1. The summed E-state index contributed by atoms with van der Waals surface area (Å²) in [5, 5.41) is 0. The van der Waals surface area contributed by atoms with Crippen molar-refractivity contribution in [1.29, 1.82) is 0 Å². The van der Waals surface area contributed by atoms with Crippen molar-refractivity contribution >= 4 is 0 Å². The Morgan fingerprint density at radius 1 is 1.32 bits per heavy atom. The van der Waals surface area contributed by atoms with Gasteiger partial charge in [-0.2, -0.15) is 13.2 Å². The van der Waals surface area contributed by atoms with E-state index < -0.39 is 12.8 Å². The Morgan fingerprint density at radius 2 is 2.11 bits per heavy atom. The van der Waals surface area contributed by atoms with Gasteiger partial charge in [-0.1, -0.05) is 6.42 Å². The number of rotatable bonds is 4. The third kappa shape index (κ3) is 4.24. The number of nitrogens with two attached hydrogens (primary N) is 1. The second kappa shape index (κ2) is 5.96. The Hall–Kier alpha value is -1.01. The Bertz CT molecular complexity index is 415. The minimum Gasteiger partial charge on any atom is -0.370 e. The van der Waals surface area contributed by atoms with Crippen LogP contribution in [0, 0.1) is 0 Å². The van der Waals surface area contributed by atoms with Crippen LogP contribution in [0.4, 0.5) is 13.2 Å². The first-order chi connectivity index (χ1) is 8.96. The van der Waals surface area contributed by atoms with E-state index in [1.54, 1.807) is 0 Å². The second-order valence-corrected chi connectivity index (χ2v) is 5.00. The summed E-state index contributed by atoms with van der Waals surface area (Å²) in [5.41, 5.74) is 8.43. The highest BCUT2D eigenvalue weighted by Gasteiger charge is 2.27. The summed E-state index contributed by atoms with van der Waals surface area (Å²) in [5.74, 6) is 0. The van der Waals surface area contributed by atoms with E-state index in [1.165, 1.54) is 5.56 Å². The molecule has 6 heteroatoms. The summed E-state index contributed by atoms with van der Waals surface area (Å²) in [7, 11) is 0. The lowest BCUT2D eigenvalue weighted by atomic mass is 10.1. The minimum absolute atomic E-state index is 0.0508. The number of halogens is 3. The molecule has 0 spiro atoms. The van der Waals surface area contributed by atoms with Crippen LogP contribution in [-0.4, -0.2) is 24.0 Å². The first-order valence-electron chi connectivity index (χ1n) is 6.54. The van der Waals surface area contributed by atoms with Crippen LogP contribution >= 0.6 is 0 Å². The number of aromatic nitrogens is 1. The fourth-order valence-electron chi connectivity index (χ4n) is 2.44. The van der Waals surface area contributed by atoms with Crippen molar-refractivity contribution in [3.8, 4) is 0 Å². The maximum Gasteiger partial charge on any atom is 0.411 e. The van der Waals surface area contributed by atoms with Crippen molar-refractivity contribution in [3.63, 3.8) is 0 Å². The first-order valence-corrected chi connectivity index (χ1v) is 6.54. The standard InChI is InChI=1S/C13H19F3N2O/c14-13(15,16)9-19-6-5-18-7-10-3-1-2-4-12(17)11(10)8-18/h7-8,12H,1-6,9,17H2. The molecule has 1 aliphatic carbocycles. The number of hydrogen-bond acceptors (Lipinski definition) is 2. The van der Waals surface area contributed by atoms with Gasteiger partial charge in [0, 0.05) is 25.0 Å². The van der Waals surface area contributed by atoms with E-state index in [0.717, 1.165) is 31.2 Å². The summed E-state index contributed by atoms with van der Waals surface area (Å²) in [6, 6.07) is 0.0508. The lowest BCUT2D eigenvalue weighted by Crippen LogP contribution is -2.18. The molecule has 0 amide bonds. The molecule has 0 radical (unpaired) electrons. The van der Waals surface area contributed by atoms with Gasteiger partial charge >= 0.3 is 6.18 Å². The zero-order valence-corrected chi connectivity index (χ0v) is 10.7. The van der Waals surface area contributed by atoms with Crippen molar-refractivity contribution in [1.82, 2.24) is 4.57 Å². The molecule has 2 rings (SSSR count). The molecule has 108 valence electrons. The third-order valence-corrected chi connectivity index (χ3v) is 3.37. The van der Waals surface area contributed by atoms with Crippen LogP contribution in [0.5, 0.6) is 0 Å². The highest BCUT2D eigenvalue weighted by molar-refractivity contribution is 5.28. The van der Waals surface area contributed by atoms with E-state index in [4.69, 9.17) is 5.73 Å². The molecule has 1 heterocycles. The van der Waals surface area contributed by atoms with Gasteiger partial charge in [0.2, 0.25) is 0 Å². The highest BCUT2D eigenvalue weighted by Crippen LogP contribution is 2.27. The van der Waals surface area contributed by atoms with Crippen molar-refractivity contribution < 1.29 is 17.9 Å². The molecule has 1 aromatic heterocycles. The van der Waals surface area contributed by atoms with Crippen LogP contribution in [0.25, 0.3) is 0 Å². The van der Waals surface area contributed by atoms with E-state index in [9.17, 15) is 13.2 Å². The summed E-state index contributed by atoms with van der Waals surface area (Å²) >= 11 is 0. The van der Waals surface area contributed by atoms with E-state index in [-0.39, 0.29) is 12.6 Å². The first kappa shape index (κ1) is 14.4. The topological polar surface area (TPSA) is 40.2 Å². The normalized spacial score (nSPS) is 20.1. The predicted octanol–water partition coefficient (Wildman–Crippen LogP) is 2.79. The minimum atomic E-state index is -4.25. The molecular formula is C13H19F3N2O. The van der Waals surface area contributed by atoms with Gasteiger partial charge in [-0.15, -0.1) is 0 Å². The molecule has 0 aliphatic heterocycles. The van der Waals surface area contributed by atoms with Gasteiger partial charge in [0.15, 0.2) is 0 Å². The number of nitrogens with zero attached hydrogens (tertiary/aromatic N) is 1. The summed E-state index contributed by atoms with van der Waals surface area (Å²) in [6.07, 6.45) is 3.90. The largest absolute Gasteiger partial charge is 0.411 e. The summed E-state index contributed by atoms with van der Waals surface area (Å²) in [6.45, 7) is -0.703. The average molecular weight is 276 g/mol. The fourth-order valence-corrected chi connectivity index (χ4v) is 2.44. The highest BCUT2D eigenvalue weighted by atomic mass is 19.4. The zero-order chi connectivity index (χ0) is 13.9. The molecule has 0 saturated carbocycles. The van der Waals surface area contributed by atoms with Crippen molar-refractivity contribution in [3.05, 3.63) is 23.5 Å². The summed E-state index contributed by atoms with van der Waals surface area (Å²) in [4.78, 5) is 0. The maximum absolute atomic E-state index is 11.9. The van der Waals surface area contributed by atoms with Gasteiger partial charge in [-0.05, 0) is 30.4 Å². The molecule has 1 atom stereocenters. The maximum atomic E-state index is 11.9. The summed E-state index contributed by atoms with van der Waals surface area (Å²) < 4.78 is 42.2. The van der Waals surface area contributed by atoms with Gasteiger partial charge in [0.05, 0.1) is 6.61 Å². The van der Waals surface area contributed by atoms with Gasteiger partial charge in [-0.25, -0.2) is 0 Å². The van der Waals surface area contributed by atoms with Crippen molar-refractivity contribution in [2.24, 2.45) is 5.73 Å². The molecule has 1 unspecified atom stereocenters. The molecule has 0 fully saturated rings. The number of alkyl halides is 3. The number of fused-ring (bicyclic) bond motifs is 1. The molecule has 0 saturated heterocycles. The van der Waals surface area contributed by atoms with Crippen molar-refractivity contribution in [2.75, 3.05) is 13.2 Å². The molecule has 0 bridgehead atoms. The number of hydrogen-bond donors (Lipinski definition) is 1. The van der Waals surface area contributed by atoms with Crippen LogP contribution < -0.4 is 5.73 Å². The molecule has 1 aromatic rings. The Labute approximate surface area is 110 Å². The van der Waals surface area contributed by atoms with E-state index in [1.807, 2.05) is 17.0 Å². The molecule has 0 aromatic carbocycles. The zero-order valence-electron chi connectivity index (χ0n) is 10.7. The Kier molecular flexibility index (Phi) is 4.52.